The molecule has 59 heavy (non-hydrogen) atoms. The number of fused-ring (bicyclic) bond motifs is 3. The number of alkyl carbamates (subject to hydrolysis) is 1. The lowest BCUT2D eigenvalue weighted by atomic mass is 9.98. The second kappa shape index (κ2) is 30.7. The van der Waals surface area contributed by atoms with Crippen LogP contribution in [0.4, 0.5) is 4.79 Å². The number of amides is 1. The number of benzene rings is 3. The van der Waals surface area contributed by atoms with Gasteiger partial charge in [-0.05, 0) is 28.7 Å². The number of esters is 1. The molecule has 3 aromatic rings. The number of hydrogen-bond donors (Lipinski definition) is 1. The lowest BCUT2D eigenvalue weighted by molar-refractivity contribution is -0.139. The van der Waals surface area contributed by atoms with Crippen LogP contribution in [0.15, 0.2) is 78.9 Å². The third-order valence-electron chi connectivity index (χ3n) is 8.74. The van der Waals surface area contributed by atoms with E-state index < -0.39 is 17.8 Å². The van der Waals surface area contributed by atoms with Gasteiger partial charge in [0.15, 0.2) is 0 Å². The first kappa shape index (κ1) is 47.4. The number of Topliss-reactive ketones (excluding diaryl/α,β-unsaturated/α-hetero) is 1. The van der Waals surface area contributed by atoms with Crippen molar-refractivity contribution in [1.82, 2.24) is 5.32 Å². The molecule has 0 spiro atoms. The highest BCUT2D eigenvalue weighted by Gasteiger charge is 2.29. The van der Waals surface area contributed by atoms with Gasteiger partial charge in [-0.1, -0.05) is 78.9 Å². The molecule has 1 aliphatic rings. The molecule has 0 aromatic heterocycles. The molecular weight excluding hydrogens is 766 g/mol. The number of hydrogen-bond acceptors (Lipinski definition) is 14. The average molecular weight is 826 g/mol. The molecule has 0 fully saturated rings. The molecule has 0 heterocycles. The Balaban J connectivity index is 0.785. The summed E-state index contributed by atoms with van der Waals surface area (Å²) in [4.78, 5) is 36.0. The zero-order valence-electron chi connectivity index (χ0n) is 33.9. The number of ether oxygens (including phenoxy) is 11. The second-order valence-electron chi connectivity index (χ2n) is 12.9. The van der Waals surface area contributed by atoms with Crippen LogP contribution in [0.5, 0.6) is 0 Å². The highest BCUT2D eigenvalue weighted by molar-refractivity contribution is 6.40. The summed E-state index contributed by atoms with van der Waals surface area (Å²) in [6.45, 7) is 8.55. The van der Waals surface area contributed by atoms with Crippen LogP contribution in [-0.4, -0.2) is 157 Å². The van der Waals surface area contributed by atoms with Gasteiger partial charge in [-0.15, -0.1) is 0 Å². The van der Waals surface area contributed by atoms with Gasteiger partial charge in [0.05, 0.1) is 112 Å². The number of carbonyl (C=O) groups is 3. The highest BCUT2D eigenvalue weighted by atomic mass is 16.6. The van der Waals surface area contributed by atoms with E-state index in [-0.39, 0.29) is 19.1 Å². The normalized spacial score (nSPS) is 11.9. The van der Waals surface area contributed by atoms with E-state index >= 15 is 0 Å². The summed E-state index contributed by atoms with van der Waals surface area (Å²) in [7, 11) is 0. The topological polar surface area (TPSA) is 165 Å². The summed E-state index contributed by atoms with van der Waals surface area (Å²) in [5.74, 6) is -1.54. The molecular formula is C44H59NO14. The van der Waals surface area contributed by atoms with E-state index in [1.165, 1.54) is 22.3 Å². The maximum absolute atomic E-state index is 12.3. The van der Waals surface area contributed by atoms with Crippen molar-refractivity contribution in [3.05, 3.63) is 95.6 Å². The third-order valence-corrected chi connectivity index (χ3v) is 8.74. The van der Waals surface area contributed by atoms with Crippen molar-refractivity contribution < 1.29 is 66.5 Å². The van der Waals surface area contributed by atoms with Crippen LogP contribution in [0, 0.1) is 0 Å². The maximum atomic E-state index is 12.3. The van der Waals surface area contributed by atoms with Crippen molar-refractivity contribution >= 4 is 17.8 Å². The predicted octanol–water partition coefficient (Wildman–Crippen LogP) is 4.49. The summed E-state index contributed by atoms with van der Waals surface area (Å²) in [5, 5.41) is 2.80. The molecule has 0 bridgehead atoms. The molecule has 324 valence electrons. The van der Waals surface area contributed by atoms with Crippen LogP contribution in [0.3, 0.4) is 0 Å². The SMILES string of the molecule is O=C(NCCCOCCOCCOCCOCCOCCOCCOCCOCCOCCOC(=O)C(=O)c1ccccc1)OCC1c2ccccc2-c2ccccc21. The Hall–Kier alpha value is -4.29. The fourth-order valence-electron chi connectivity index (χ4n) is 5.84. The molecule has 0 saturated carbocycles. The highest BCUT2D eigenvalue weighted by Crippen LogP contribution is 2.44. The van der Waals surface area contributed by atoms with Gasteiger partial charge < -0.3 is 57.4 Å². The largest absolute Gasteiger partial charge is 0.457 e. The average Bonchev–Trinajstić information content (AvgIpc) is 3.59. The predicted molar refractivity (Wildman–Crippen MR) is 217 cm³/mol. The van der Waals surface area contributed by atoms with E-state index in [0.717, 1.165) is 0 Å². The minimum atomic E-state index is -0.901. The van der Waals surface area contributed by atoms with Crippen molar-refractivity contribution in [2.45, 2.75) is 12.3 Å². The van der Waals surface area contributed by atoms with Crippen molar-refractivity contribution in [2.75, 3.05) is 139 Å². The molecule has 0 saturated heterocycles. The molecule has 3 aromatic carbocycles. The number of rotatable bonds is 35. The first-order valence-corrected chi connectivity index (χ1v) is 20.2. The van der Waals surface area contributed by atoms with Crippen molar-refractivity contribution in [3.8, 4) is 11.1 Å². The van der Waals surface area contributed by atoms with Gasteiger partial charge in [-0.25, -0.2) is 9.59 Å². The Morgan fingerprint density at radius 3 is 1.24 bits per heavy atom. The van der Waals surface area contributed by atoms with Gasteiger partial charge in [0.2, 0.25) is 0 Å². The first-order valence-electron chi connectivity index (χ1n) is 20.2. The van der Waals surface area contributed by atoms with Crippen molar-refractivity contribution in [1.29, 1.82) is 0 Å². The Bertz CT molecular complexity index is 1550. The third kappa shape index (κ3) is 19.5. The number of nitrogens with one attached hydrogen (secondary N) is 1. The fraction of sp³-hybridized carbons (Fsp3) is 0.523. The molecule has 4 rings (SSSR count). The van der Waals surface area contributed by atoms with E-state index in [4.69, 9.17) is 52.1 Å². The zero-order valence-corrected chi connectivity index (χ0v) is 33.9. The minimum Gasteiger partial charge on any atom is -0.457 e. The molecule has 15 heteroatoms. The summed E-state index contributed by atoms with van der Waals surface area (Å²) < 4.78 is 59.8. The standard InChI is InChI=1S/C44H59NO14/c46-42(36-9-2-1-3-10-36)43(47)58-34-33-57-32-31-56-30-29-55-28-27-54-26-25-53-24-23-52-22-21-51-20-19-50-18-17-49-16-8-15-45-44(48)59-35-41-39-13-6-4-11-37(39)38-12-5-7-14-40(38)41/h1-7,9-14,41H,8,15-35H2,(H,45,48). The van der Waals surface area contributed by atoms with Gasteiger partial charge in [-0.3, -0.25) is 4.79 Å². The van der Waals surface area contributed by atoms with Crippen LogP contribution in [0.1, 0.15) is 33.8 Å². The molecule has 15 nitrogen and oxygen atoms in total. The fourth-order valence-corrected chi connectivity index (χ4v) is 5.84. The number of carbonyl (C=O) groups excluding carboxylic acids is 3. The summed E-state index contributed by atoms with van der Waals surface area (Å²) in [6, 6.07) is 24.8. The Morgan fingerprint density at radius 1 is 0.424 bits per heavy atom. The smallest absolute Gasteiger partial charge is 0.407 e. The van der Waals surface area contributed by atoms with Gasteiger partial charge in [0.25, 0.3) is 5.78 Å². The van der Waals surface area contributed by atoms with Crippen LogP contribution in [0.2, 0.25) is 0 Å². The van der Waals surface area contributed by atoms with E-state index in [2.05, 4.69) is 29.6 Å². The van der Waals surface area contributed by atoms with E-state index in [9.17, 15) is 14.4 Å². The van der Waals surface area contributed by atoms with Crippen LogP contribution in [-0.2, 0) is 56.9 Å². The molecule has 1 N–H and O–H groups in total. The van der Waals surface area contributed by atoms with Gasteiger partial charge in [-0.2, -0.15) is 0 Å². The van der Waals surface area contributed by atoms with Crippen molar-refractivity contribution in [2.24, 2.45) is 0 Å². The second-order valence-corrected chi connectivity index (χ2v) is 12.9. The molecule has 0 atom stereocenters. The molecule has 1 aliphatic carbocycles. The minimum absolute atomic E-state index is 0.00875. The quantitative estimate of drug-likeness (QED) is 0.0382. The lowest BCUT2D eigenvalue weighted by Crippen LogP contribution is -2.27. The van der Waals surface area contributed by atoms with E-state index in [1.54, 1.807) is 30.3 Å². The van der Waals surface area contributed by atoms with E-state index in [0.29, 0.717) is 137 Å². The van der Waals surface area contributed by atoms with Crippen LogP contribution in [0.25, 0.3) is 11.1 Å². The van der Waals surface area contributed by atoms with Gasteiger partial charge in [0, 0.05) is 24.6 Å². The van der Waals surface area contributed by atoms with Gasteiger partial charge >= 0.3 is 12.1 Å². The molecule has 0 aliphatic heterocycles. The van der Waals surface area contributed by atoms with Crippen molar-refractivity contribution in [3.63, 3.8) is 0 Å². The molecule has 0 unspecified atom stereocenters. The van der Waals surface area contributed by atoms with Crippen LogP contribution >= 0.6 is 0 Å². The maximum Gasteiger partial charge on any atom is 0.407 e. The summed E-state index contributed by atoms with van der Waals surface area (Å²) >= 11 is 0. The number of ketones is 1. The first-order chi connectivity index (χ1) is 29.1. The molecule has 1 amide bonds. The molecule has 0 radical (unpaired) electrons. The zero-order chi connectivity index (χ0) is 41.4. The lowest BCUT2D eigenvalue weighted by Gasteiger charge is -2.14. The van der Waals surface area contributed by atoms with Crippen LogP contribution < -0.4 is 5.32 Å². The summed E-state index contributed by atoms with van der Waals surface area (Å²) in [5.41, 5.74) is 5.07. The Labute approximate surface area is 346 Å². The van der Waals surface area contributed by atoms with E-state index in [1.807, 2.05) is 24.3 Å². The summed E-state index contributed by atoms with van der Waals surface area (Å²) in [6.07, 6.45) is 0.252. The van der Waals surface area contributed by atoms with Gasteiger partial charge in [0.1, 0.15) is 13.2 Å². The Morgan fingerprint density at radius 2 is 0.797 bits per heavy atom. The monoisotopic (exact) mass is 825 g/mol. The Kier molecular flexibility index (Phi) is 24.7.